The first kappa shape index (κ1) is 9.44. The maximum Gasteiger partial charge on any atom is 0.326 e. The van der Waals surface area contributed by atoms with E-state index in [2.05, 4.69) is 9.97 Å². The minimum absolute atomic E-state index is 0.414. The molecule has 0 aliphatic carbocycles. The van der Waals surface area contributed by atoms with Crippen LogP contribution in [0.1, 0.15) is 6.92 Å². The van der Waals surface area contributed by atoms with Crippen molar-refractivity contribution in [2.24, 2.45) is 0 Å². The maximum atomic E-state index is 10.6. The van der Waals surface area contributed by atoms with E-state index in [-0.39, 0.29) is 0 Å². The zero-order valence-corrected chi connectivity index (χ0v) is 7.51. The highest BCUT2D eigenvalue weighted by atomic mass is 16.4. The van der Waals surface area contributed by atoms with Gasteiger partial charge in [-0.25, -0.2) is 14.8 Å². The molecule has 0 aliphatic heterocycles. The number of anilines is 1. The fourth-order valence-corrected chi connectivity index (χ4v) is 0.812. The van der Waals surface area contributed by atoms with E-state index in [1.54, 1.807) is 32.4 Å². The number of hydrogen-bond acceptors (Lipinski definition) is 4. The molecule has 1 aromatic heterocycles. The molecule has 0 radical (unpaired) electrons. The summed E-state index contributed by atoms with van der Waals surface area (Å²) in [5, 5.41) is 8.72. The summed E-state index contributed by atoms with van der Waals surface area (Å²) in [6.07, 6.45) is 3.15. The van der Waals surface area contributed by atoms with Gasteiger partial charge in [0.05, 0.1) is 0 Å². The van der Waals surface area contributed by atoms with Crippen molar-refractivity contribution in [1.82, 2.24) is 9.97 Å². The van der Waals surface area contributed by atoms with Crippen molar-refractivity contribution >= 4 is 11.9 Å². The summed E-state index contributed by atoms with van der Waals surface area (Å²) in [5.74, 6) is -0.479. The molecule has 5 nitrogen and oxygen atoms in total. The van der Waals surface area contributed by atoms with Gasteiger partial charge in [-0.2, -0.15) is 0 Å². The van der Waals surface area contributed by atoms with E-state index in [0.29, 0.717) is 5.95 Å². The Bertz CT molecular complexity index is 289. The molecule has 13 heavy (non-hydrogen) atoms. The van der Waals surface area contributed by atoms with Gasteiger partial charge in [0.1, 0.15) is 6.04 Å². The quantitative estimate of drug-likeness (QED) is 0.730. The van der Waals surface area contributed by atoms with Crippen molar-refractivity contribution in [3.63, 3.8) is 0 Å². The second kappa shape index (κ2) is 3.84. The Labute approximate surface area is 76.0 Å². The lowest BCUT2D eigenvalue weighted by atomic mass is 10.3. The summed E-state index contributed by atoms with van der Waals surface area (Å²) >= 11 is 0. The Morgan fingerprint density at radius 3 is 2.54 bits per heavy atom. The lowest BCUT2D eigenvalue weighted by Crippen LogP contribution is -2.36. The Balaban J connectivity index is 2.79. The highest BCUT2D eigenvalue weighted by Gasteiger charge is 2.18. The van der Waals surface area contributed by atoms with Crippen molar-refractivity contribution in [1.29, 1.82) is 0 Å². The topological polar surface area (TPSA) is 66.3 Å². The van der Waals surface area contributed by atoms with Crippen LogP contribution in [0.4, 0.5) is 5.95 Å². The van der Waals surface area contributed by atoms with Crippen LogP contribution in [0.5, 0.6) is 0 Å². The fourth-order valence-electron chi connectivity index (χ4n) is 0.812. The predicted molar refractivity (Wildman–Crippen MR) is 47.5 cm³/mol. The molecule has 0 bridgehead atoms. The third kappa shape index (κ3) is 2.14. The van der Waals surface area contributed by atoms with Crippen LogP contribution in [-0.2, 0) is 4.79 Å². The number of likely N-dealkylation sites (N-methyl/N-ethyl adjacent to an activating group) is 1. The molecule has 1 N–H and O–H groups in total. The lowest BCUT2D eigenvalue weighted by Gasteiger charge is -2.20. The molecule has 1 atom stereocenters. The number of carbonyl (C=O) groups is 1. The number of hydrogen-bond donors (Lipinski definition) is 1. The molecule has 70 valence electrons. The first-order chi connectivity index (χ1) is 6.13. The zero-order chi connectivity index (χ0) is 9.84. The fraction of sp³-hybridized carbons (Fsp3) is 0.375. The van der Waals surface area contributed by atoms with Gasteiger partial charge in [0.2, 0.25) is 5.95 Å². The number of nitrogens with zero attached hydrogens (tertiary/aromatic N) is 3. The van der Waals surface area contributed by atoms with E-state index >= 15 is 0 Å². The molecular weight excluding hydrogens is 170 g/mol. The summed E-state index contributed by atoms with van der Waals surface area (Å²) in [6, 6.07) is 1.06. The van der Waals surface area contributed by atoms with E-state index in [9.17, 15) is 4.79 Å². The van der Waals surface area contributed by atoms with Gasteiger partial charge in [0.25, 0.3) is 0 Å². The van der Waals surface area contributed by atoms with Crippen LogP contribution >= 0.6 is 0 Å². The lowest BCUT2D eigenvalue weighted by molar-refractivity contribution is -0.138. The van der Waals surface area contributed by atoms with Gasteiger partial charge in [-0.1, -0.05) is 0 Å². The van der Waals surface area contributed by atoms with Gasteiger partial charge in [0, 0.05) is 19.4 Å². The summed E-state index contributed by atoms with van der Waals surface area (Å²) in [4.78, 5) is 20.0. The van der Waals surface area contributed by atoms with Gasteiger partial charge < -0.3 is 10.0 Å². The standard InChI is InChI=1S/C8H11N3O2/c1-6(7(12)13)11(2)8-9-4-3-5-10-8/h3-6H,1-2H3,(H,12,13). The number of aromatic nitrogens is 2. The highest BCUT2D eigenvalue weighted by Crippen LogP contribution is 2.06. The highest BCUT2D eigenvalue weighted by molar-refractivity contribution is 5.76. The normalized spacial score (nSPS) is 12.2. The molecule has 0 spiro atoms. The van der Waals surface area contributed by atoms with Crippen LogP contribution in [0.3, 0.4) is 0 Å². The van der Waals surface area contributed by atoms with Gasteiger partial charge in [-0.05, 0) is 13.0 Å². The molecule has 0 fully saturated rings. The van der Waals surface area contributed by atoms with Crippen LogP contribution in [-0.4, -0.2) is 34.1 Å². The monoisotopic (exact) mass is 181 g/mol. The molecule has 0 aliphatic rings. The minimum atomic E-state index is -0.894. The average Bonchev–Trinajstić information content (AvgIpc) is 2.17. The minimum Gasteiger partial charge on any atom is -0.480 e. The van der Waals surface area contributed by atoms with Crippen molar-refractivity contribution in [2.75, 3.05) is 11.9 Å². The van der Waals surface area contributed by atoms with Crippen LogP contribution in [0.2, 0.25) is 0 Å². The molecular formula is C8H11N3O2. The zero-order valence-electron chi connectivity index (χ0n) is 7.51. The molecule has 1 unspecified atom stereocenters. The van der Waals surface area contributed by atoms with Gasteiger partial charge in [-0.3, -0.25) is 0 Å². The Kier molecular flexibility index (Phi) is 2.79. The Morgan fingerprint density at radius 2 is 2.08 bits per heavy atom. The SMILES string of the molecule is CC(C(=O)O)N(C)c1ncccn1. The molecule has 0 saturated heterocycles. The van der Waals surface area contributed by atoms with E-state index in [1.807, 2.05) is 0 Å². The van der Waals surface area contributed by atoms with E-state index < -0.39 is 12.0 Å². The molecule has 1 rings (SSSR count). The van der Waals surface area contributed by atoms with Crippen LogP contribution in [0.25, 0.3) is 0 Å². The summed E-state index contributed by atoms with van der Waals surface area (Å²) in [5.41, 5.74) is 0. The van der Waals surface area contributed by atoms with Crippen molar-refractivity contribution in [3.05, 3.63) is 18.5 Å². The summed E-state index contributed by atoms with van der Waals surface area (Å²) in [6.45, 7) is 1.58. The second-order valence-corrected chi connectivity index (χ2v) is 2.67. The third-order valence-corrected chi connectivity index (χ3v) is 1.81. The Hall–Kier alpha value is -1.65. The molecule has 0 amide bonds. The maximum absolute atomic E-state index is 10.6. The first-order valence-electron chi connectivity index (χ1n) is 3.85. The Morgan fingerprint density at radius 1 is 1.54 bits per heavy atom. The summed E-state index contributed by atoms with van der Waals surface area (Å²) in [7, 11) is 1.65. The molecule has 1 heterocycles. The summed E-state index contributed by atoms with van der Waals surface area (Å²) < 4.78 is 0. The second-order valence-electron chi connectivity index (χ2n) is 2.67. The first-order valence-corrected chi connectivity index (χ1v) is 3.85. The van der Waals surface area contributed by atoms with Crippen LogP contribution < -0.4 is 4.90 Å². The van der Waals surface area contributed by atoms with E-state index in [0.717, 1.165) is 0 Å². The number of rotatable bonds is 3. The third-order valence-electron chi connectivity index (χ3n) is 1.81. The average molecular weight is 181 g/mol. The molecule has 5 heteroatoms. The number of aliphatic carboxylic acids is 1. The van der Waals surface area contributed by atoms with Crippen molar-refractivity contribution in [3.8, 4) is 0 Å². The van der Waals surface area contributed by atoms with Crippen molar-refractivity contribution in [2.45, 2.75) is 13.0 Å². The van der Waals surface area contributed by atoms with Gasteiger partial charge >= 0.3 is 5.97 Å². The molecule has 0 saturated carbocycles. The molecule has 0 aromatic carbocycles. The van der Waals surface area contributed by atoms with Gasteiger partial charge in [0.15, 0.2) is 0 Å². The molecule has 1 aromatic rings. The van der Waals surface area contributed by atoms with E-state index in [1.165, 1.54) is 4.90 Å². The smallest absolute Gasteiger partial charge is 0.326 e. The van der Waals surface area contributed by atoms with Crippen LogP contribution in [0.15, 0.2) is 18.5 Å². The van der Waals surface area contributed by atoms with Gasteiger partial charge in [-0.15, -0.1) is 0 Å². The van der Waals surface area contributed by atoms with E-state index in [4.69, 9.17) is 5.11 Å². The number of carboxylic acid groups (broad SMARTS) is 1. The van der Waals surface area contributed by atoms with Crippen LogP contribution in [0, 0.1) is 0 Å². The largest absolute Gasteiger partial charge is 0.480 e. The van der Waals surface area contributed by atoms with Crippen molar-refractivity contribution < 1.29 is 9.90 Å². The predicted octanol–water partition coefficient (Wildman–Crippen LogP) is 0.386. The number of carboxylic acids is 1.